The number of piperidine rings is 1. The Morgan fingerprint density at radius 2 is 1.93 bits per heavy atom. The molecule has 3 aromatic rings. The maximum absolute atomic E-state index is 11.7. The van der Waals surface area contributed by atoms with Crippen molar-refractivity contribution in [2.24, 2.45) is 0 Å². The van der Waals surface area contributed by atoms with Gasteiger partial charge in [0.1, 0.15) is 0 Å². The highest BCUT2D eigenvalue weighted by atomic mass is 32.2. The van der Waals surface area contributed by atoms with Gasteiger partial charge in [-0.15, -0.1) is 0 Å². The smallest absolute Gasteiger partial charge is 0.248 e. The standard InChI is InChI=1S/C20H22N4O3S/c1-28(26,27)24-8-4-17(5-9-24)23-19-11-16(14-3-7-22-20(25)12-14)10-15-2-6-21-13-18(15)19/h2-3,6-7,10-13,17,23H,4-5,8-9H2,1H3,(H,22,25). The van der Waals surface area contributed by atoms with E-state index in [0.29, 0.717) is 13.1 Å². The highest BCUT2D eigenvalue weighted by molar-refractivity contribution is 7.88. The van der Waals surface area contributed by atoms with Crippen LogP contribution in [0.1, 0.15) is 12.8 Å². The number of aromatic nitrogens is 2. The third kappa shape index (κ3) is 3.93. The fraction of sp³-hybridized carbons (Fsp3) is 0.300. The summed E-state index contributed by atoms with van der Waals surface area (Å²) in [5, 5.41) is 5.61. The number of hydrogen-bond donors (Lipinski definition) is 2. The van der Waals surface area contributed by atoms with Crippen molar-refractivity contribution >= 4 is 26.5 Å². The number of hydrogen-bond acceptors (Lipinski definition) is 5. The average molecular weight is 398 g/mol. The average Bonchev–Trinajstić information content (AvgIpc) is 2.67. The molecule has 1 aliphatic heterocycles. The van der Waals surface area contributed by atoms with Crippen LogP contribution in [-0.2, 0) is 10.0 Å². The number of benzene rings is 1. The third-order valence-electron chi connectivity index (χ3n) is 5.15. The lowest BCUT2D eigenvalue weighted by Gasteiger charge is -2.31. The SMILES string of the molecule is CS(=O)(=O)N1CCC(Nc2cc(-c3cc[nH]c(=O)c3)cc3ccncc23)CC1. The van der Waals surface area contributed by atoms with E-state index in [4.69, 9.17) is 0 Å². The van der Waals surface area contributed by atoms with E-state index in [9.17, 15) is 13.2 Å². The van der Waals surface area contributed by atoms with E-state index in [2.05, 4.69) is 15.3 Å². The summed E-state index contributed by atoms with van der Waals surface area (Å²) in [4.78, 5) is 18.6. The summed E-state index contributed by atoms with van der Waals surface area (Å²) in [5.41, 5.74) is 2.59. The number of anilines is 1. The molecular weight excluding hydrogens is 376 g/mol. The molecule has 0 aliphatic carbocycles. The predicted octanol–water partition coefficient (Wildman–Crippen LogP) is 2.43. The van der Waals surface area contributed by atoms with Crippen LogP contribution in [0.3, 0.4) is 0 Å². The maximum Gasteiger partial charge on any atom is 0.248 e. The Morgan fingerprint density at radius 1 is 1.14 bits per heavy atom. The Hall–Kier alpha value is -2.71. The van der Waals surface area contributed by atoms with Crippen molar-refractivity contribution in [2.75, 3.05) is 24.7 Å². The molecule has 7 nitrogen and oxygen atoms in total. The van der Waals surface area contributed by atoms with Gasteiger partial charge in [-0.05, 0) is 53.6 Å². The molecule has 0 saturated carbocycles. The van der Waals surface area contributed by atoms with Crippen molar-refractivity contribution in [3.8, 4) is 11.1 Å². The summed E-state index contributed by atoms with van der Waals surface area (Å²) >= 11 is 0. The number of nitrogens with one attached hydrogen (secondary N) is 2. The van der Waals surface area contributed by atoms with E-state index in [1.54, 1.807) is 18.5 Å². The molecule has 0 atom stereocenters. The Kier molecular flexibility index (Phi) is 4.91. The molecule has 8 heteroatoms. The highest BCUT2D eigenvalue weighted by Crippen LogP contribution is 2.31. The van der Waals surface area contributed by atoms with Crippen molar-refractivity contribution in [3.63, 3.8) is 0 Å². The van der Waals surface area contributed by atoms with Crippen LogP contribution in [0.5, 0.6) is 0 Å². The van der Waals surface area contributed by atoms with Crippen LogP contribution in [0.25, 0.3) is 21.9 Å². The van der Waals surface area contributed by atoms with Crippen LogP contribution in [0.2, 0.25) is 0 Å². The predicted molar refractivity (Wildman–Crippen MR) is 111 cm³/mol. The Bertz CT molecular complexity index is 1170. The lowest BCUT2D eigenvalue weighted by molar-refractivity contribution is 0.332. The van der Waals surface area contributed by atoms with Crippen molar-refractivity contribution in [3.05, 3.63) is 59.3 Å². The maximum atomic E-state index is 11.7. The van der Waals surface area contributed by atoms with Gasteiger partial charge >= 0.3 is 0 Å². The van der Waals surface area contributed by atoms with E-state index in [0.717, 1.165) is 40.4 Å². The van der Waals surface area contributed by atoms with Gasteiger partial charge in [0, 0.05) is 54.9 Å². The van der Waals surface area contributed by atoms with Gasteiger partial charge in [-0.1, -0.05) is 0 Å². The molecule has 1 fully saturated rings. The molecule has 0 radical (unpaired) electrons. The first-order chi connectivity index (χ1) is 13.4. The molecular formula is C20H22N4O3S. The normalized spacial score (nSPS) is 16.3. The van der Waals surface area contributed by atoms with E-state index >= 15 is 0 Å². The summed E-state index contributed by atoms with van der Waals surface area (Å²) < 4.78 is 25.0. The fourth-order valence-corrected chi connectivity index (χ4v) is 4.53. The second-order valence-corrected chi connectivity index (χ2v) is 9.13. The van der Waals surface area contributed by atoms with Gasteiger partial charge < -0.3 is 10.3 Å². The second-order valence-electron chi connectivity index (χ2n) is 7.14. The Morgan fingerprint density at radius 3 is 2.64 bits per heavy atom. The first-order valence-corrected chi connectivity index (χ1v) is 11.0. The summed E-state index contributed by atoms with van der Waals surface area (Å²) in [6.45, 7) is 1.03. The number of fused-ring (bicyclic) bond motifs is 1. The molecule has 146 valence electrons. The van der Waals surface area contributed by atoms with E-state index in [-0.39, 0.29) is 11.6 Å². The van der Waals surface area contributed by atoms with Gasteiger partial charge in [0.2, 0.25) is 15.6 Å². The van der Waals surface area contributed by atoms with Crippen LogP contribution in [0.15, 0.2) is 53.7 Å². The van der Waals surface area contributed by atoms with Crippen LogP contribution >= 0.6 is 0 Å². The molecule has 2 aromatic heterocycles. The van der Waals surface area contributed by atoms with Crippen molar-refractivity contribution in [1.82, 2.24) is 14.3 Å². The minimum Gasteiger partial charge on any atom is -0.382 e. The molecule has 0 amide bonds. The first-order valence-electron chi connectivity index (χ1n) is 9.19. The van der Waals surface area contributed by atoms with Gasteiger partial charge in [0.25, 0.3) is 0 Å². The molecule has 2 N–H and O–H groups in total. The Labute approximate surface area is 163 Å². The minimum atomic E-state index is -3.14. The number of aromatic amines is 1. The summed E-state index contributed by atoms with van der Waals surface area (Å²) in [5.74, 6) is 0. The van der Waals surface area contributed by atoms with Crippen molar-refractivity contribution in [1.29, 1.82) is 0 Å². The number of pyridine rings is 2. The van der Waals surface area contributed by atoms with Gasteiger partial charge in [0.05, 0.1) is 6.26 Å². The molecule has 28 heavy (non-hydrogen) atoms. The van der Waals surface area contributed by atoms with Crippen LogP contribution in [-0.4, -0.2) is 48.1 Å². The highest BCUT2D eigenvalue weighted by Gasteiger charge is 2.25. The first kappa shape index (κ1) is 18.6. The van der Waals surface area contributed by atoms with Crippen molar-refractivity contribution < 1.29 is 8.42 Å². The number of sulfonamides is 1. The number of H-pyrrole nitrogens is 1. The van der Waals surface area contributed by atoms with E-state index in [1.165, 1.54) is 10.6 Å². The number of nitrogens with zero attached hydrogens (tertiary/aromatic N) is 2. The minimum absolute atomic E-state index is 0.144. The van der Waals surface area contributed by atoms with Crippen molar-refractivity contribution in [2.45, 2.75) is 18.9 Å². The zero-order chi connectivity index (χ0) is 19.7. The molecule has 4 rings (SSSR count). The third-order valence-corrected chi connectivity index (χ3v) is 6.45. The van der Waals surface area contributed by atoms with Crippen LogP contribution < -0.4 is 10.9 Å². The summed E-state index contributed by atoms with van der Waals surface area (Å²) in [6.07, 6.45) is 7.95. The van der Waals surface area contributed by atoms with E-state index in [1.807, 2.05) is 30.5 Å². The molecule has 3 heterocycles. The molecule has 0 spiro atoms. The molecule has 1 aliphatic rings. The van der Waals surface area contributed by atoms with Gasteiger partial charge in [-0.2, -0.15) is 0 Å². The molecule has 0 bridgehead atoms. The van der Waals surface area contributed by atoms with Gasteiger partial charge in [-0.25, -0.2) is 12.7 Å². The van der Waals surface area contributed by atoms with E-state index < -0.39 is 10.0 Å². The van der Waals surface area contributed by atoms with Crippen LogP contribution in [0.4, 0.5) is 5.69 Å². The summed E-state index contributed by atoms with van der Waals surface area (Å²) in [6, 6.07) is 9.65. The lowest BCUT2D eigenvalue weighted by Crippen LogP contribution is -2.41. The topological polar surface area (TPSA) is 95.2 Å². The largest absolute Gasteiger partial charge is 0.382 e. The number of rotatable bonds is 4. The zero-order valence-corrected chi connectivity index (χ0v) is 16.4. The second kappa shape index (κ2) is 7.37. The molecule has 1 saturated heterocycles. The van der Waals surface area contributed by atoms with Gasteiger partial charge in [0.15, 0.2) is 0 Å². The quantitative estimate of drug-likeness (QED) is 0.704. The Balaban J connectivity index is 1.66. The molecule has 1 aromatic carbocycles. The fourth-order valence-electron chi connectivity index (χ4n) is 3.66. The monoisotopic (exact) mass is 398 g/mol. The zero-order valence-electron chi connectivity index (χ0n) is 15.6. The summed E-state index contributed by atoms with van der Waals surface area (Å²) in [7, 11) is -3.14. The molecule has 0 unspecified atom stereocenters. The lowest BCUT2D eigenvalue weighted by atomic mass is 10.00. The van der Waals surface area contributed by atoms with Crippen LogP contribution in [0, 0.1) is 0 Å². The van der Waals surface area contributed by atoms with Gasteiger partial charge in [-0.3, -0.25) is 9.78 Å².